The van der Waals surface area contributed by atoms with Crippen molar-refractivity contribution in [1.82, 2.24) is 4.90 Å². The first kappa shape index (κ1) is 23.4. The normalized spacial score (nSPS) is 28.1. The van der Waals surface area contributed by atoms with Crippen LogP contribution in [0.1, 0.15) is 63.5 Å². The van der Waals surface area contributed by atoms with Crippen LogP contribution in [-0.2, 0) is 19.1 Å². The molecule has 1 unspecified atom stereocenters. The Morgan fingerprint density at radius 2 is 1.85 bits per heavy atom. The number of esters is 1. The van der Waals surface area contributed by atoms with Crippen LogP contribution in [0.3, 0.4) is 0 Å². The highest BCUT2D eigenvalue weighted by molar-refractivity contribution is 6.02. The predicted molar refractivity (Wildman–Crippen MR) is 120 cm³/mol. The minimum absolute atomic E-state index is 0.00178. The molecule has 3 aliphatic rings. The Morgan fingerprint density at radius 1 is 1.15 bits per heavy atom. The summed E-state index contributed by atoms with van der Waals surface area (Å²) in [4.78, 5) is 38.1. The van der Waals surface area contributed by atoms with Crippen molar-refractivity contribution in [2.75, 3.05) is 0 Å². The van der Waals surface area contributed by atoms with E-state index >= 15 is 0 Å². The van der Waals surface area contributed by atoms with Gasteiger partial charge in [-0.05, 0) is 65.7 Å². The lowest BCUT2D eigenvalue weighted by Crippen LogP contribution is -2.44. The van der Waals surface area contributed by atoms with Gasteiger partial charge in [0.2, 0.25) is 11.8 Å². The summed E-state index contributed by atoms with van der Waals surface area (Å²) >= 11 is 0. The summed E-state index contributed by atoms with van der Waals surface area (Å²) in [5, 5.41) is 9.93. The lowest BCUT2D eigenvalue weighted by atomic mass is 9.68. The SMILES string of the molecule is Cc1cc(C2=C(/C=C/[C@@H]3C[C@@H](O)CC(=O)O3)C(C)(C)CC(N3C(=O)CCC3=O)C2)ccc1F. The highest BCUT2D eigenvalue weighted by Crippen LogP contribution is 2.47. The second kappa shape index (κ2) is 8.86. The predicted octanol–water partition coefficient (Wildman–Crippen LogP) is 3.85. The zero-order valence-corrected chi connectivity index (χ0v) is 19.3. The Bertz CT molecular complexity index is 1040. The van der Waals surface area contributed by atoms with Gasteiger partial charge in [-0.15, -0.1) is 0 Å². The first-order valence-corrected chi connectivity index (χ1v) is 11.5. The van der Waals surface area contributed by atoms with Crippen LogP contribution in [0.5, 0.6) is 0 Å². The smallest absolute Gasteiger partial charge is 0.309 e. The number of carbonyl (C=O) groups is 3. The van der Waals surface area contributed by atoms with Gasteiger partial charge in [0.15, 0.2) is 0 Å². The highest BCUT2D eigenvalue weighted by atomic mass is 19.1. The summed E-state index contributed by atoms with van der Waals surface area (Å²) in [6.45, 7) is 5.82. The van der Waals surface area contributed by atoms with Crippen molar-refractivity contribution in [3.8, 4) is 0 Å². The van der Waals surface area contributed by atoms with Gasteiger partial charge < -0.3 is 9.84 Å². The van der Waals surface area contributed by atoms with Crippen molar-refractivity contribution in [2.24, 2.45) is 5.41 Å². The number of rotatable bonds is 4. The van der Waals surface area contributed by atoms with Crippen LogP contribution in [0, 0.1) is 18.2 Å². The summed E-state index contributed by atoms with van der Waals surface area (Å²) < 4.78 is 19.4. The van der Waals surface area contributed by atoms with E-state index in [0.29, 0.717) is 24.8 Å². The Kier molecular flexibility index (Phi) is 6.27. The summed E-state index contributed by atoms with van der Waals surface area (Å²) in [7, 11) is 0. The van der Waals surface area contributed by atoms with Crippen LogP contribution in [0.15, 0.2) is 35.9 Å². The average molecular weight is 456 g/mol. The van der Waals surface area contributed by atoms with Gasteiger partial charge in [0.05, 0.1) is 12.5 Å². The maximum Gasteiger partial charge on any atom is 0.309 e. The van der Waals surface area contributed by atoms with Gasteiger partial charge in [0.25, 0.3) is 0 Å². The fourth-order valence-electron chi connectivity index (χ4n) is 5.27. The number of likely N-dealkylation sites (tertiary alicyclic amines) is 1. The molecule has 33 heavy (non-hydrogen) atoms. The first-order chi connectivity index (χ1) is 15.5. The van der Waals surface area contributed by atoms with E-state index in [-0.39, 0.29) is 42.9 Å². The summed E-state index contributed by atoms with van der Waals surface area (Å²) in [6, 6.07) is 4.67. The number of cyclic esters (lactones) is 1. The molecule has 0 radical (unpaired) electrons. The number of nitrogens with zero attached hydrogens (tertiary/aromatic N) is 1. The third kappa shape index (κ3) is 4.78. The number of benzene rings is 1. The van der Waals surface area contributed by atoms with Gasteiger partial charge in [-0.25, -0.2) is 4.39 Å². The standard InChI is InChI=1S/C26H30FNO5/c1-15-10-16(4-7-22(15)27)20-11-17(28-23(30)8-9-24(28)31)14-26(2,3)21(20)6-5-19-12-18(29)13-25(32)33-19/h4-7,10,17-19,29H,8-9,11-14H2,1-3H3/b6-5+/t17?,18-,19-/m1/s1. The first-order valence-electron chi connectivity index (χ1n) is 11.5. The minimum Gasteiger partial charge on any atom is -0.458 e. The van der Waals surface area contributed by atoms with E-state index in [1.165, 1.54) is 11.0 Å². The third-order valence-electron chi connectivity index (χ3n) is 6.87. The number of amides is 2. The van der Waals surface area contributed by atoms with Crippen molar-refractivity contribution in [1.29, 1.82) is 0 Å². The summed E-state index contributed by atoms with van der Waals surface area (Å²) in [5.41, 5.74) is 2.87. The average Bonchev–Trinajstić information content (AvgIpc) is 3.05. The zero-order chi connectivity index (χ0) is 23.9. The monoisotopic (exact) mass is 455 g/mol. The van der Waals surface area contributed by atoms with E-state index in [2.05, 4.69) is 13.8 Å². The van der Waals surface area contributed by atoms with Crippen molar-refractivity contribution < 1.29 is 28.6 Å². The molecule has 1 aromatic rings. The van der Waals surface area contributed by atoms with Crippen LogP contribution in [0.4, 0.5) is 4.39 Å². The van der Waals surface area contributed by atoms with Gasteiger partial charge in [0.1, 0.15) is 11.9 Å². The maximum atomic E-state index is 14.0. The molecule has 4 rings (SSSR count). The second-order valence-corrected chi connectivity index (χ2v) is 9.94. The number of imide groups is 1. The van der Waals surface area contributed by atoms with Crippen LogP contribution in [0.2, 0.25) is 0 Å². The summed E-state index contributed by atoms with van der Waals surface area (Å²) in [6.07, 6.45) is 4.34. The van der Waals surface area contributed by atoms with E-state index in [9.17, 15) is 23.9 Å². The van der Waals surface area contributed by atoms with Crippen molar-refractivity contribution >= 4 is 23.4 Å². The molecule has 2 amide bonds. The molecule has 1 N–H and O–H groups in total. The van der Waals surface area contributed by atoms with Crippen molar-refractivity contribution in [3.05, 3.63) is 52.9 Å². The highest BCUT2D eigenvalue weighted by Gasteiger charge is 2.42. The van der Waals surface area contributed by atoms with Gasteiger partial charge in [-0.1, -0.05) is 26.0 Å². The number of halogens is 1. The molecule has 0 spiro atoms. The minimum atomic E-state index is -0.731. The molecule has 7 heteroatoms. The number of ether oxygens (including phenoxy) is 1. The molecule has 3 atom stereocenters. The number of hydrogen-bond acceptors (Lipinski definition) is 5. The topological polar surface area (TPSA) is 83.9 Å². The van der Waals surface area contributed by atoms with Crippen LogP contribution in [0.25, 0.3) is 5.57 Å². The molecule has 1 aliphatic carbocycles. The number of aliphatic hydroxyl groups is 1. The number of aliphatic hydroxyl groups excluding tert-OH is 1. The molecular formula is C26H30FNO5. The van der Waals surface area contributed by atoms with Crippen LogP contribution >= 0.6 is 0 Å². The molecule has 0 saturated carbocycles. The van der Waals surface area contributed by atoms with E-state index in [1.54, 1.807) is 25.1 Å². The Balaban J connectivity index is 1.76. The summed E-state index contributed by atoms with van der Waals surface area (Å²) in [5.74, 6) is -1.01. The Morgan fingerprint density at radius 3 is 2.48 bits per heavy atom. The molecule has 0 bridgehead atoms. The molecule has 0 aromatic heterocycles. The van der Waals surface area contributed by atoms with E-state index < -0.39 is 23.6 Å². The number of aryl methyl sites for hydroxylation is 1. The largest absolute Gasteiger partial charge is 0.458 e. The fourth-order valence-corrected chi connectivity index (χ4v) is 5.27. The van der Waals surface area contributed by atoms with Gasteiger partial charge in [-0.2, -0.15) is 0 Å². The molecule has 2 saturated heterocycles. The van der Waals surface area contributed by atoms with Crippen molar-refractivity contribution in [3.63, 3.8) is 0 Å². The Labute approximate surface area is 193 Å². The van der Waals surface area contributed by atoms with Gasteiger partial charge >= 0.3 is 5.97 Å². The molecule has 176 valence electrons. The lowest BCUT2D eigenvalue weighted by molar-refractivity contribution is -0.156. The van der Waals surface area contributed by atoms with E-state index in [4.69, 9.17) is 4.74 Å². The number of allylic oxidation sites excluding steroid dienone is 2. The molecular weight excluding hydrogens is 425 g/mol. The third-order valence-corrected chi connectivity index (χ3v) is 6.87. The van der Waals surface area contributed by atoms with E-state index in [0.717, 1.165) is 16.7 Å². The fraction of sp³-hybridized carbons (Fsp3) is 0.500. The molecule has 2 heterocycles. The Hall–Kier alpha value is -2.80. The second-order valence-electron chi connectivity index (χ2n) is 9.94. The zero-order valence-electron chi connectivity index (χ0n) is 19.3. The quantitative estimate of drug-likeness (QED) is 0.551. The molecule has 2 fully saturated rings. The molecule has 1 aromatic carbocycles. The van der Waals surface area contributed by atoms with Crippen LogP contribution in [-0.4, -0.2) is 46.0 Å². The molecule has 6 nitrogen and oxygen atoms in total. The van der Waals surface area contributed by atoms with Gasteiger partial charge in [-0.3, -0.25) is 19.3 Å². The number of hydrogen-bond donors (Lipinski definition) is 1. The van der Waals surface area contributed by atoms with Gasteiger partial charge in [0, 0.05) is 25.3 Å². The lowest BCUT2D eigenvalue weighted by Gasteiger charge is -2.41. The van der Waals surface area contributed by atoms with Crippen molar-refractivity contribution in [2.45, 2.75) is 77.5 Å². The van der Waals surface area contributed by atoms with E-state index in [1.807, 2.05) is 6.08 Å². The maximum absolute atomic E-state index is 14.0. The molecule has 2 aliphatic heterocycles. The van der Waals surface area contributed by atoms with Crippen LogP contribution < -0.4 is 0 Å². The number of carbonyl (C=O) groups excluding carboxylic acids is 3.